The molecule has 2 heteroatoms. The monoisotopic (exact) mass is 396 g/mol. The molecule has 0 radical (unpaired) electrons. The Morgan fingerprint density at radius 1 is 0.607 bits per heavy atom. The predicted molar refractivity (Wildman–Crippen MR) is 125 cm³/mol. The largest absolute Gasteiger partial charge is 0.346 e. The lowest BCUT2D eigenvalue weighted by Crippen LogP contribution is -2.42. The molecule has 168 valence electrons. The lowest BCUT2D eigenvalue weighted by Gasteiger charge is -2.38. The summed E-state index contributed by atoms with van der Waals surface area (Å²) in [5.74, 6) is -0.162. The average molecular weight is 397 g/mol. The normalized spacial score (nSPS) is 13.0. The van der Waals surface area contributed by atoms with Gasteiger partial charge in [0.15, 0.2) is 5.79 Å². The summed E-state index contributed by atoms with van der Waals surface area (Å²) in [5.41, 5.74) is 0. The van der Waals surface area contributed by atoms with Crippen molar-refractivity contribution in [3.63, 3.8) is 0 Å². The fourth-order valence-corrected chi connectivity index (χ4v) is 4.26. The Bertz CT molecular complexity index is 320. The molecule has 0 aromatic carbocycles. The predicted octanol–water partition coefficient (Wildman–Crippen LogP) is 8.84. The second-order valence-electron chi connectivity index (χ2n) is 8.31. The van der Waals surface area contributed by atoms with Crippen molar-refractivity contribution in [1.82, 2.24) is 0 Å². The van der Waals surface area contributed by atoms with Gasteiger partial charge in [-0.25, -0.2) is 0 Å². The van der Waals surface area contributed by atoms with Crippen LogP contribution in [0.15, 0.2) is 12.7 Å². The Kier molecular flexibility index (Phi) is 19.7. The van der Waals surface area contributed by atoms with Gasteiger partial charge in [-0.2, -0.15) is 0 Å². The van der Waals surface area contributed by atoms with Crippen LogP contribution in [0.2, 0.25) is 0 Å². The third-order valence-electron chi connectivity index (χ3n) is 5.91. The Labute approximate surface area is 177 Å². The molecule has 0 amide bonds. The van der Waals surface area contributed by atoms with Gasteiger partial charge in [0, 0.05) is 19.1 Å². The molecule has 1 unspecified atom stereocenters. The van der Waals surface area contributed by atoms with E-state index in [1.807, 2.05) is 6.08 Å². The Hall–Kier alpha value is -0.340. The highest BCUT2D eigenvalue weighted by Gasteiger charge is 2.36. The van der Waals surface area contributed by atoms with Crippen LogP contribution in [0.1, 0.15) is 130 Å². The smallest absolute Gasteiger partial charge is 0.190 e. The van der Waals surface area contributed by atoms with E-state index in [4.69, 9.17) is 9.47 Å². The van der Waals surface area contributed by atoms with Crippen molar-refractivity contribution >= 4 is 0 Å². The lowest BCUT2D eigenvalue weighted by molar-refractivity contribution is -0.233. The summed E-state index contributed by atoms with van der Waals surface area (Å²) >= 11 is 0. The second-order valence-corrected chi connectivity index (χ2v) is 8.31. The summed E-state index contributed by atoms with van der Waals surface area (Å²) in [4.78, 5) is 0. The van der Waals surface area contributed by atoms with Crippen molar-refractivity contribution in [3.8, 4) is 0 Å². The van der Waals surface area contributed by atoms with Crippen molar-refractivity contribution in [2.75, 3.05) is 13.2 Å². The third kappa shape index (κ3) is 13.0. The zero-order chi connectivity index (χ0) is 20.9. The Morgan fingerprint density at radius 3 is 1.29 bits per heavy atom. The van der Waals surface area contributed by atoms with E-state index >= 15 is 0 Å². The van der Waals surface area contributed by atoms with E-state index in [1.165, 1.54) is 103 Å². The zero-order valence-electron chi connectivity index (χ0n) is 19.9. The van der Waals surface area contributed by atoms with E-state index in [0.717, 1.165) is 0 Å². The average Bonchev–Trinajstić information content (AvgIpc) is 2.70. The molecule has 1 atom stereocenters. The van der Waals surface area contributed by atoms with E-state index in [9.17, 15) is 0 Å². The standard InChI is InChI=1S/C26H52O2/c1-6-11-13-15-17-18-20-22-24-25(23-21-19-16-14-12-7-2)26(8-3,27-9-4)28-10-5/h8,25H,3,6-7,9-24H2,1-2,4-5H3. The van der Waals surface area contributed by atoms with E-state index in [0.29, 0.717) is 19.1 Å². The SMILES string of the molecule is C=CC(OCC)(OCC)C(CCCCCCCC)CCCCCCCCCC. The number of ether oxygens (including phenoxy) is 2. The first-order valence-corrected chi connectivity index (χ1v) is 12.6. The fourth-order valence-electron chi connectivity index (χ4n) is 4.26. The second kappa shape index (κ2) is 20.0. The van der Waals surface area contributed by atoms with Crippen LogP contribution in [-0.2, 0) is 9.47 Å². The minimum absolute atomic E-state index is 0.427. The topological polar surface area (TPSA) is 18.5 Å². The third-order valence-corrected chi connectivity index (χ3v) is 5.91. The maximum absolute atomic E-state index is 6.16. The molecule has 0 bridgehead atoms. The number of unbranched alkanes of at least 4 members (excludes halogenated alkanes) is 12. The molecule has 0 aliphatic carbocycles. The number of rotatable bonds is 22. The van der Waals surface area contributed by atoms with E-state index < -0.39 is 5.79 Å². The van der Waals surface area contributed by atoms with Gasteiger partial charge in [0.05, 0.1) is 0 Å². The molecule has 0 fully saturated rings. The minimum atomic E-state index is -0.589. The van der Waals surface area contributed by atoms with Gasteiger partial charge in [-0.05, 0) is 32.8 Å². The van der Waals surface area contributed by atoms with Crippen molar-refractivity contribution in [2.24, 2.45) is 5.92 Å². The molecule has 0 heterocycles. The Morgan fingerprint density at radius 2 is 0.964 bits per heavy atom. The number of hydrogen-bond donors (Lipinski definition) is 0. The molecular weight excluding hydrogens is 344 g/mol. The van der Waals surface area contributed by atoms with Gasteiger partial charge in [-0.3, -0.25) is 0 Å². The van der Waals surface area contributed by atoms with Crippen LogP contribution in [0, 0.1) is 5.92 Å². The first-order valence-electron chi connectivity index (χ1n) is 12.6. The van der Waals surface area contributed by atoms with Crippen LogP contribution < -0.4 is 0 Å². The molecule has 0 aliphatic rings. The molecule has 0 rings (SSSR count). The highest BCUT2D eigenvalue weighted by Crippen LogP contribution is 2.34. The van der Waals surface area contributed by atoms with Crippen molar-refractivity contribution in [2.45, 2.75) is 136 Å². The summed E-state index contributed by atoms with van der Waals surface area (Å²) < 4.78 is 12.3. The molecule has 0 N–H and O–H groups in total. The van der Waals surface area contributed by atoms with Crippen LogP contribution in [-0.4, -0.2) is 19.0 Å². The van der Waals surface area contributed by atoms with E-state index in [1.54, 1.807) is 0 Å². The minimum Gasteiger partial charge on any atom is -0.346 e. The van der Waals surface area contributed by atoms with E-state index in [2.05, 4.69) is 34.3 Å². The molecule has 2 nitrogen and oxygen atoms in total. The highest BCUT2D eigenvalue weighted by atomic mass is 16.7. The summed E-state index contributed by atoms with van der Waals surface area (Å²) in [6, 6.07) is 0. The van der Waals surface area contributed by atoms with Crippen LogP contribution >= 0.6 is 0 Å². The fraction of sp³-hybridized carbons (Fsp3) is 0.923. The summed E-state index contributed by atoms with van der Waals surface area (Å²) in [6.45, 7) is 14.1. The molecule has 0 saturated carbocycles. The molecule has 28 heavy (non-hydrogen) atoms. The zero-order valence-corrected chi connectivity index (χ0v) is 19.9. The van der Waals surface area contributed by atoms with E-state index in [-0.39, 0.29) is 0 Å². The van der Waals surface area contributed by atoms with Gasteiger partial charge in [-0.1, -0.05) is 110 Å². The van der Waals surface area contributed by atoms with Crippen molar-refractivity contribution < 1.29 is 9.47 Å². The maximum atomic E-state index is 6.16. The van der Waals surface area contributed by atoms with Gasteiger partial charge in [-0.15, -0.1) is 0 Å². The van der Waals surface area contributed by atoms with Gasteiger partial charge in [0.25, 0.3) is 0 Å². The van der Waals surface area contributed by atoms with Crippen molar-refractivity contribution in [1.29, 1.82) is 0 Å². The van der Waals surface area contributed by atoms with Crippen LogP contribution in [0.5, 0.6) is 0 Å². The van der Waals surface area contributed by atoms with Crippen molar-refractivity contribution in [3.05, 3.63) is 12.7 Å². The van der Waals surface area contributed by atoms with Gasteiger partial charge >= 0.3 is 0 Å². The van der Waals surface area contributed by atoms with Gasteiger partial charge < -0.3 is 9.47 Å². The summed E-state index contributed by atoms with van der Waals surface area (Å²) in [7, 11) is 0. The molecule has 0 aromatic heterocycles. The molecular formula is C26H52O2. The molecule has 0 spiro atoms. The quantitative estimate of drug-likeness (QED) is 0.103. The van der Waals surface area contributed by atoms with Crippen LogP contribution in [0.25, 0.3) is 0 Å². The highest BCUT2D eigenvalue weighted by molar-refractivity contribution is 4.95. The maximum Gasteiger partial charge on any atom is 0.190 e. The molecule has 0 saturated heterocycles. The first kappa shape index (κ1) is 27.7. The van der Waals surface area contributed by atoms with Gasteiger partial charge in [0.1, 0.15) is 0 Å². The molecule has 0 aromatic rings. The van der Waals surface area contributed by atoms with Crippen LogP contribution in [0.4, 0.5) is 0 Å². The molecule has 0 aliphatic heterocycles. The number of hydrogen-bond acceptors (Lipinski definition) is 2. The lowest BCUT2D eigenvalue weighted by atomic mass is 9.86. The first-order chi connectivity index (χ1) is 13.7. The summed E-state index contributed by atoms with van der Waals surface area (Å²) in [5, 5.41) is 0. The Balaban J connectivity index is 4.50. The van der Waals surface area contributed by atoms with Gasteiger partial charge in [0.2, 0.25) is 0 Å². The summed E-state index contributed by atoms with van der Waals surface area (Å²) in [6.07, 6.45) is 23.3. The van der Waals surface area contributed by atoms with Crippen LogP contribution in [0.3, 0.4) is 0 Å².